The summed E-state index contributed by atoms with van der Waals surface area (Å²) in [5.74, 6) is -3.86. The molecule has 0 amide bonds. The largest absolute Gasteiger partial charge is 0.309 e. The molecule has 0 aliphatic carbocycles. The summed E-state index contributed by atoms with van der Waals surface area (Å²) in [5.41, 5.74) is 2.13. The maximum absolute atomic E-state index is 13.4. The van der Waals surface area contributed by atoms with E-state index in [9.17, 15) is 13.2 Å². The van der Waals surface area contributed by atoms with Crippen LogP contribution in [0.5, 0.6) is 0 Å². The number of hydrogen-bond acceptors (Lipinski definition) is 1. The molecule has 2 aromatic carbocycles. The molecular weight excluding hydrogens is 411 g/mol. The standard InChI is InChI=1S/C15H12Br2F3N/c1-7-3-11(17)9(6-10(7)16)15(21-2)8-4-12(18)14(20)13(19)5-8/h3-6,15,21H,1-2H3. The number of hydrogen-bond donors (Lipinski definition) is 1. The van der Waals surface area contributed by atoms with Crippen LogP contribution in [0.15, 0.2) is 33.2 Å². The van der Waals surface area contributed by atoms with Gasteiger partial charge < -0.3 is 5.32 Å². The average Bonchev–Trinajstić information content (AvgIpc) is 2.42. The van der Waals surface area contributed by atoms with E-state index in [-0.39, 0.29) is 0 Å². The van der Waals surface area contributed by atoms with Gasteiger partial charge in [0.1, 0.15) is 0 Å². The molecule has 2 aromatic rings. The Labute approximate surface area is 137 Å². The molecule has 1 atom stereocenters. The SMILES string of the molecule is CNC(c1cc(F)c(F)c(F)c1)c1cc(Br)c(C)cc1Br. The summed E-state index contributed by atoms with van der Waals surface area (Å²) in [5, 5.41) is 2.99. The fourth-order valence-corrected chi connectivity index (χ4v) is 3.17. The quantitative estimate of drug-likeness (QED) is 0.666. The highest BCUT2D eigenvalue weighted by molar-refractivity contribution is 9.11. The Kier molecular flexibility index (Phi) is 5.11. The van der Waals surface area contributed by atoms with Crippen LogP contribution >= 0.6 is 31.9 Å². The first-order chi connectivity index (χ1) is 9.85. The van der Waals surface area contributed by atoms with Crippen LogP contribution in [0.4, 0.5) is 13.2 Å². The van der Waals surface area contributed by atoms with Crippen LogP contribution in [-0.4, -0.2) is 7.05 Å². The van der Waals surface area contributed by atoms with Gasteiger partial charge in [0.2, 0.25) is 0 Å². The zero-order valence-electron chi connectivity index (χ0n) is 11.3. The third-order valence-electron chi connectivity index (χ3n) is 3.22. The van der Waals surface area contributed by atoms with Gasteiger partial charge >= 0.3 is 0 Å². The summed E-state index contributed by atoms with van der Waals surface area (Å²) >= 11 is 6.88. The van der Waals surface area contributed by atoms with E-state index in [1.54, 1.807) is 7.05 Å². The van der Waals surface area contributed by atoms with Crippen molar-refractivity contribution in [1.82, 2.24) is 5.32 Å². The Morgan fingerprint density at radius 1 is 0.952 bits per heavy atom. The molecule has 0 aliphatic heterocycles. The van der Waals surface area contributed by atoms with Gasteiger partial charge in [0, 0.05) is 8.95 Å². The predicted molar refractivity (Wildman–Crippen MR) is 83.8 cm³/mol. The highest BCUT2D eigenvalue weighted by Gasteiger charge is 2.20. The smallest absolute Gasteiger partial charge is 0.194 e. The molecule has 1 nitrogen and oxygen atoms in total. The number of rotatable bonds is 3. The topological polar surface area (TPSA) is 12.0 Å². The van der Waals surface area contributed by atoms with Crippen molar-refractivity contribution in [3.8, 4) is 0 Å². The van der Waals surface area contributed by atoms with Crippen LogP contribution in [0.25, 0.3) is 0 Å². The second-order valence-electron chi connectivity index (χ2n) is 4.64. The first-order valence-electron chi connectivity index (χ1n) is 6.12. The van der Waals surface area contributed by atoms with Crippen LogP contribution in [-0.2, 0) is 0 Å². The van der Waals surface area contributed by atoms with Crippen LogP contribution in [0, 0.1) is 24.4 Å². The normalized spacial score (nSPS) is 12.5. The van der Waals surface area contributed by atoms with Crippen molar-refractivity contribution in [3.05, 3.63) is 67.4 Å². The van der Waals surface area contributed by atoms with E-state index < -0.39 is 23.5 Å². The molecule has 2 rings (SSSR count). The van der Waals surface area contributed by atoms with Gasteiger partial charge in [0.25, 0.3) is 0 Å². The summed E-state index contributed by atoms with van der Waals surface area (Å²) in [6, 6.07) is 5.29. The molecule has 1 unspecified atom stereocenters. The van der Waals surface area contributed by atoms with E-state index in [4.69, 9.17) is 0 Å². The first-order valence-corrected chi connectivity index (χ1v) is 7.71. The molecule has 0 fully saturated rings. The lowest BCUT2D eigenvalue weighted by molar-refractivity contribution is 0.443. The van der Waals surface area contributed by atoms with Gasteiger partial charge in [-0.3, -0.25) is 0 Å². The highest BCUT2D eigenvalue weighted by atomic mass is 79.9. The molecule has 0 saturated heterocycles. The summed E-state index contributed by atoms with van der Waals surface area (Å²) in [4.78, 5) is 0. The molecule has 6 heteroatoms. The minimum atomic E-state index is -1.46. The zero-order chi connectivity index (χ0) is 15.7. The molecule has 0 bridgehead atoms. The molecule has 0 aliphatic rings. The van der Waals surface area contributed by atoms with E-state index in [2.05, 4.69) is 37.2 Å². The van der Waals surface area contributed by atoms with Gasteiger partial charge in [-0.05, 0) is 54.9 Å². The van der Waals surface area contributed by atoms with Crippen LogP contribution in [0.2, 0.25) is 0 Å². The van der Waals surface area contributed by atoms with E-state index in [0.717, 1.165) is 32.2 Å². The highest BCUT2D eigenvalue weighted by Crippen LogP contribution is 2.33. The van der Waals surface area contributed by atoms with E-state index in [1.807, 2.05) is 19.1 Å². The summed E-state index contributed by atoms with van der Waals surface area (Å²) in [6.45, 7) is 1.93. The fraction of sp³-hybridized carbons (Fsp3) is 0.200. The van der Waals surface area contributed by atoms with Crippen molar-refractivity contribution in [2.24, 2.45) is 0 Å². The maximum atomic E-state index is 13.4. The van der Waals surface area contributed by atoms with E-state index in [1.165, 1.54) is 0 Å². The van der Waals surface area contributed by atoms with Crippen LogP contribution < -0.4 is 5.32 Å². The van der Waals surface area contributed by atoms with Gasteiger partial charge in [0.15, 0.2) is 17.5 Å². The third kappa shape index (κ3) is 3.33. The second kappa shape index (κ2) is 6.50. The zero-order valence-corrected chi connectivity index (χ0v) is 14.4. The van der Waals surface area contributed by atoms with Crippen LogP contribution in [0.3, 0.4) is 0 Å². The van der Waals surface area contributed by atoms with Crippen molar-refractivity contribution in [2.45, 2.75) is 13.0 Å². The summed E-state index contributed by atoms with van der Waals surface area (Å²) in [7, 11) is 1.67. The Hall–Kier alpha value is -0.850. The van der Waals surface area contributed by atoms with Crippen molar-refractivity contribution in [3.63, 3.8) is 0 Å². The average molecular weight is 423 g/mol. The van der Waals surface area contributed by atoms with Crippen molar-refractivity contribution >= 4 is 31.9 Å². The van der Waals surface area contributed by atoms with Gasteiger partial charge in [-0.25, -0.2) is 13.2 Å². The molecule has 21 heavy (non-hydrogen) atoms. The fourth-order valence-electron chi connectivity index (χ4n) is 2.13. The molecule has 0 saturated carbocycles. The third-order valence-corrected chi connectivity index (χ3v) is 4.76. The Morgan fingerprint density at radius 3 is 2.05 bits per heavy atom. The molecule has 0 aromatic heterocycles. The molecular formula is C15H12Br2F3N. The van der Waals surface area contributed by atoms with Gasteiger partial charge in [0.05, 0.1) is 6.04 Å². The number of benzene rings is 2. The van der Waals surface area contributed by atoms with Crippen molar-refractivity contribution in [2.75, 3.05) is 7.05 Å². The van der Waals surface area contributed by atoms with Crippen LogP contribution in [0.1, 0.15) is 22.7 Å². The van der Waals surface area contributed by atoms with Gasteiger partial charge in [-0.1, -0.05) is 31.9 Å². The second-order valence-corrected chi connectivity index (χ2v) is 6.35. The molecule has 0 radical (unpaired) electrons. The lowest BCUT2D eigenvalue weighted by Crippen LogP contribution is -2.19. The monoisotopic (exact) mass is 421 g/mol. The van der Waals surface area contributed by atoms with Crippen molar-refractivity contribution in [1.29, 1.82) is 0 Å². The summed E-state index contributed by atoms with van der Waals surface area (Å²) in [6.07, 6.45) is 0. The Morgan fingerprint density at radius 2 is 1.52 bits per heavy atom. The lowest BCUT2D eigenvalue weighted by Gasteiger charge is -2.20. The Balaban J connectivity index is 2.57. The van der Waals surface area contributed by atoms with Gasteiger partial charge in [-0.15, -0.1) is 0 Å². The van der Waals surface area contributed by atoms with E-state index >= 15 is 0 Å². The minimum Gasteiger partial charge on any atom is -0.309 e. The number of aryl methyl sites for hydroxylation is 1. The number of nitrogens with one attached hydrogen (secondary N) is 1. The molecule has 1 N–H and O–H groups in total. The predicted octanol–water partition coefficient (Wildman–Crippen LogP) is 5.25. The maximum Gasteiger partial charge on any atom is 0.194 e. The van der Waals surface area contributed by atoms with Crippen molar-refractivity contribution < 1.29 is 13.2 Å². The van der Waals surface area contributed by atoms with E-state index in [0.29, 0.717) is 5.56 Å². The minimum absolute atomic E-state index is 0.311. The molecule has 0 heterocycles. The number of halogens is 5. The summed E-state index contributed by atoms with van der Waals surface area (Å²) < 4.78 is 41.6. The molecule has 0 spiro atoms. The molecule has 112 valence electrons. The Bertz CT molecular complexity index is 666. The lowest BCUT2D eigenvalue weighted by atomic mass is 9.97. The van der Waals surface area contributed by atoms with Gasteiger partial charge in [-0.2, -0.15) is 0 Å². The first kappa shape index (κ1) is 16.5.